The molecule has 2 aromatic rings. The Morgan fingerprint density at radius 2 is 1.95 bits per heavy atom. The third-order valence-electron chi connectivity index (χ3n) is 3.28. The Kier molecular flexibility index (Phi) is 4.93. The second-order valence-electron chi connectivity index (χ2n) is 4.71. The van der Waals surface area contributed by atoms with Gasteiger partial charge < -0.3 is 9.47 Å². The van der Waals surface area contributed by atoms with Crippen molar-refractivity contribution >= 4 is 5.97 Å². The number of rotatable bonds is 5. The molecule has 2 rings (SSSR count). The molecule has 1 heterocycles. The summed E-state index contributed by atoms with van der Waals surface area (Å²) < 4.78 is 9.94. The van der Waals surface area contributed by atoms with E-state index in [9.17, 15) is 9.59 Å². The van der Waals surface area contributed by atoms with Crippen LogP contribution in [0, 0.1) is 6.92 Å². The van der Waals surface area contributed by atoms with Gasteiger partial charge in [-0.3, -0.25) is 14.7 Å². The number of esters is 1. The van der Waals surface area contributed by atoms with Crippen LogP contribution in [-0.4, -0.2) is 29.9 Å². The summed E-state index contributed by atoms with van der Waals surface area (Å²) in [4.78, 5) is 23.8. The molecule has 0 bridgehead atoms. The van der Waals surface area contributed by atoms with E-state index in [4.69, 9.17) is 9.47 Å². The first kappa shape index (κ1) is 15.8. The number of ether oxygens (including phenoxy) is 2. The minimum absolute atomic E-state index is 0.132. The Morgan fingerprint density at radius 1 is 1.27 bits per heavy atom. The van der Waals surface area contributed by atoms with Crippen molar-refractivity contribution in [2.75, 3.05) is 13.7 Å². The van der Waals surface area contributed by atoms with Crippen molar-refractivity contribution < 1.29 is 14.3 Å². The molecule has 0 unspecified atom stereocenters. The number of hydrogen-bond acceptors (Lipinski definition) is 5. The van der Waals surface area contributed by atoms with Crippen molar-refractivity contribution in [1.82, 2.24) is 10.2 Å². The first-order chi connectivity index (χ1) is 10.6. The zero-order valence-corrected chi connectivity index (χ0v) is 12.8. The minimum atomic E-state index is -0.461. The van der Waals surface area contributed by atoms with Crippen molar-refractivity contribution in [3.05, 3.63) is 45.7 Å². The van der Waals surface area contributed by atoms with Gasteiger partial charge in [-0.05, 0) is 38.1 Å². The fourth-order valence-electron chi connectivity index (χ4n) is 2.10. The molecule has 22 heavy (non-hydrogen) atoms. The summed E-state index contributed by atoms with van der Waals surface area (Å²) in [6, 6.07) is 7.28. The number of hydrogen-bond donors (Lipinski definition) is 1. The van der Waals surface area contributed by atoms with E-state index in [-0.39, 0.29) is 24.2 Å². The summed E-state index contributed by atoms with van der Waals surface area (Å²) >= 11 is 0. The van der Waals surface area contributed by atoms with E-state index in [1.165, 1.54) is 0 Å². The maximum atomic E-state index is 12.3. The predicted octanol–water partition coefficient (Wildman–Crippen LogP) is 1.86. The molecule has 116 valence electrons. The van der Waals surface area contributed by atoms with Crippen molar-refractivity contribution in [3.63, 3.8) is 0 Å². The van der Waals surface area contributed by atoms with Crippen LogP contribution in [-0.2, 0) is 16.0 Å². The molecule has 1 aromatic heterocycles. The van der Waals surface area contributed by atoms with Crippen LogP contribution in [0.25, 0.3) is 11.3 Å². The molecule has 0 amide bonds. The molecule has 0 saturated heterocycles. The van der Waals surface area contributed by atoms with E-state index in [1.807, 2.05) is 12.1 Å². The van der Waals surface area contributed by atoms with Gasteiger partial charge in [0.1, 0.15) is 11.4 Å². The summed E-state index contributed by atoms with van der Waals surface area (Å²) in [7, 11) is 1.59. The second-order valence-corrected chi connectivity index (χ2v) is 4.71. The van der Waals surface area contributed by atoms with Crippen LogP contribution >= 0.6 is 0 Å². The second kappa shape index (κ2) is 6.89. The molecule has 6 nitrogen and oxygen atoms in total. The maximum absolute atomic E-state index is 12.3. The largest absolute Gasteiger partial charge is 0.497 e. The average Bonchev–Trinajstić information content (AvgIpc) is 2.52. The van der Waals surface area contributed by atoms with Gasteiger partial charge in [-0.2, -0.15) is 5.10 Å². The lowest BCUT2D eigenvalue weighted by Gasteiger charge is -2.08. The lowest BCUT2D eigenvalue weighted by Crippen LogP contribution is -2.21. The van der Waals surface area contributed by atoms with Crippen molar-refractivity contribution in [3.8, 4) is 17.0 Å². The molecule has 0 radical (unpaired) electrons. The Balaban J connectivity index is 2.33. The van der Waals surface area contributed by atoms with Crippen LogP contribution in [0.3, 0.4) is 0 Å². The lowest BCUT2D eigenvalue weighted by molar-refractivity contribution is -0.142. The molecule has 1 N–H and O–H groups in total. The molecule has 0 saturated carbocycles. The van der Waals surface area contributed by atoms with Gasteiger partial charge in [0, 0.05) is 11.1 Å². The van der Waals surface area contributed by atoms with Crippen LogP contribution in [0.5, 0.6) is 5.75 Å². The number of aromatic nitrogens is 2. The Morgan fingerprint density at radius 3 is 2.55 bits per heavy atom. The molecule has 0 atom stereocenters. The quantitative estimate of drug-likeness (QED) is 0.853. The highest BCUT2D eigenvalue weighted by Crippen LogP contribution is 2.21. The molecule has 0 aliphatic rings. The maximum Gasteiger partial charge on any atom is 0.312 e. The molecule has 6 heteroatoms. The van der Waals surface area contributed by atoms with Gasteiger partial charge in [0.25, 0.3) is 0 Å². The molecule has 0 aliphatic heterocycles. The number of nitrogens with one attached hydrogen (secondary N) is 1. The van der Waals surface area contributed by atoms with Gasteiger partial charge in [0.2, 0.25) is 5.43 Å². The van der Waals surface area contributed by atoms with Gasteiger partial charge in [-0.15, -0.1) is 0 Å². The van der Waals surface area contributed by atoms with E-state index in [2.05, 4.69) is 10.2 Å². The zero-order chi connectivity index (χ0) is 16.1. The van der Waals surface area contributed by atoms with Crippen molar-refractivity contribution in [2.45, 2.75) is 20.3 Å². The van der Waals surface area contributed by atoms with E-state index in [0.29, 0.717) is 11.3 Å². The van der Waals surface area contributed by atoms with E-state index in [1.54, 1.807) is 33.1 Å². The number of carbonyl (C=O) groups is 1. The highest BCUT2D eigenvalue weighted by Gasteiger charge is 2.14. The first-order valence-electron chi connectivity index (χ1n) is 6.95. The van der Waals surface area contributed by atoms with Crippen LogP contribution in [0.4, 0.5) is 0 Å². The molecule has 0 fully saturated rings. The third-order valence-corrected chi connectivity index (χ3v) is 3.28. The Bertz CT molecular complexity index is 720. The van der Waals surface area contributed by atoms with E-state index >= 15 is 0 Å². The van der Waals surface area contributed by atoms with Gasteiger partial charge >= 0.3 is 5.97 Å². The van der Waals surface area contributed by atoms with Crippen LogP contribution in [0.15, 0.2) is 29.1 Å². The number of carbonyl (C=O) groups excluding carboxylic acids is 1. The summed E-state index contributed by atoms with van der Waals surface area (Å²) in [5.74, 6) is 0.271. The molecular weight excluding hydrogens is 284 g/mol. The van der Waals surface area contributed by atoms with Crippen molar-refractivity contribution in [2.24, 2.45) is 0 Å². The fraction of sp³-hybridized carbons (Fsp3) is 0.312. The van der Waals surface area contributed by atoms with Gasteiger partial charge in [0.05, 0.1) is 25.8 Å². The monoisotopic (exact) mass is 302 g/mol. The number of H-pyrrole nitrogens is 1. The topological polar surface area (TPSA) is 81.3 Å². The van der Waals surface area contributed by atoms with E-state index in [0.717, 1.165) is 11.3 Å². The SMILES string of the molecule is CCOC(=O)Cc1n[nH]c(-c2ccc(OC)cc2)c(C)c1=O. The smallest absolute Gasteiger partial charge is 0.312 e. The standard InChI is InChI=1S/C16H18N2O4/c1-4-22-14(19)9-13-16(20)10(2)15(18-17-13)11-5-7-12(21-3)8-6-11/h5-8H,4,9H2,1-3H3,(H,18,20). The highest BCUT2D eigenvalue weighted by atomic mass is 16.5. The fourth-order valence-corrected chi connectivity index (χ4v) is 2.10. The van der Waals surface area contributed by atoms with E-state index < -0.39 is 5.97 Å². The minimum Gasteiger partial charge on any atom is -0.497 e. The zero-order valence-electron chi connectivity index (χ0n) is 12.8. The van der Waals surface area contributed by atoms with Gasteiger partial charge in [-0.25, -0.2) is 0 Å². The van der Waals surface area contributed by atoms with Gasteiger partial charge in [-0.1, -0.05) is 0 Å². The van der Waals surface area contributed by atoms with Crippen LogP contribution < -0.4 is 10.2 Å². The summed E-state index contributed by atoms with van der Waals surface area (Å²) in [5, 5.41) is 6.86. The number of methoxy groups -OCH3 is 1. The third kappa shape index (κ3) is 3.33. The highest BCUT2D eigenvalue weighted by molar-refractivity contribution is 5.72. The Hall–Kier alpha value is -2.63. The predicted molar refractivity (Wildman–Crippen MR) is 81.9 cm³/mol. The van der Waals surface area contributed by atoms with Crippen LogP contribution in [0.2, 0.25) is 0 Å². The molecule has 1 aromatic carbocycles. The summed E-state index contributed by atoms with van der Waals surface area (Å²) in [6.07, 6.45) is -0.132. The molecule has 0 aliphatic carbocycles. The van der Waals surface area contributed by atoms with Crippen LogP contribution in [0.1, 0.15) is 18.2 Å². The summed E-state index contributed by atoms with van der Waals surface area (Å²) in [6.45, 7) is 3.70. The summed E-state index contributed by atoms with van der Waals surface area (Å²) in [5.41, 5.74) is 1.87. The average molecular weight is 302 g/mol. The van der Waals surface area contributed by atoms with Crippen molar-refractivity contribution in [1.29, 1.82) is 0 Å². The number of benzene rings is 1. The first-order valence-corrected chi connectivity index (χ1v) is 6.95. The molecule has 0 spiro atoms. The normalized spacial score (nSPS) is 10.3. The number of aromatic amines is 1. The molecular formula is C16H18N2O4. The Labute approximate surface area is 128 Å². The number of nitrogens with zero attached hydrogens (tertiary/aromatic N) is 1. The lowest BCUT2D eigenvalue weighted by atomic mass is 10.1. The van der Waals surface area contributed by atoms with Gasteiger partial charge in [0.15, 0.2) is 0 Å².